The number of aromatic nitrogens is 1. The zero-order valence-electron chi connectivity index (χ0n) is 6.67. The number of halogens is 3. The van der Waals surface area contributed by atoms with Crippen LogP contribution in [0.25, 0.3) is 0 Å². The Kier molecular flexibility index (Phi) is 1.68. The predicted molar refractivity (Wildman–Crippen MR) is 41.4 cm³/mol. The van der Waals surface area contributed by atoms with Crippen LogP contribution in [-0.2, 0) is 0 Å². The van der Waals surface area contributed by atoms with E-state index in [9.17, 15) is 13.2 Å². The molecule has 1 aromatic rings. The number of hydrogen-bond donors (Lipinski definition) is 0. The van der Waals surface area contributed by atoms with Gasteiger partial charge in [-0.3, -0.25) is 0 Å². The summed E-state index contributed by atoms with van der Waals surface area (Å²) in [6.45, 7) is -0.674. The van der Waals surface area contributed by atoms with Crippen LogP contribution in [0.2, 0.25) is 0 Å². The maximum absolute atomic E-state index is 12.6. The fourth-order valence-corrected chi connectivity index (χ4v) is 1.28. The Morgan fingerprint density at radius 3 is 2.62 bits per heavy atom. The smallest absolute Gasteiger partial charge is 0.282 e. The van der Waals surface area contributed by atoms with Crippen molar-refractivity contribution >= 4 is 5.69 Å². The van der Waals surface area contributed by atoms with Crippen molar-refractivity contribution < 1.29 is 13.2 Å². The molecule has 13 heavy (non-hydrogen) atoms. The van der Waals surface area contributed by atoms with Crippen LogP contribution in [0.15, 0.2) is 18.3 Å². The van der Waals surface area contributed by atoms with Gasteiger partial charge >= 0.3 is 0 Å². The number of nitrogens with zero attached hydrogens (tertiary/aromatic N) is 2. The predicted octanol–water partition coefficient (Wildman–Crippen LogP) is 1.68. The molecule has 1 fully saturated rings. The summed E-state index contributed by atoms with van der Waals surface area (Å²) in [5.41, 5.74) is 0.457. The van der Waals surface area contributed by atoms with Crippen LogP contribution in [0, 0.1) is 5.95 Å². The molecule has 0 atom stereocenters. The van der Waals surface area contributed by atoms with Gasteiger partial charge in [-0.05, 0) is 6.07 Å². The van der Waals surface area contributed by atoms with E-state index < -0.39 is 11.9 Å². The second kappa shape index (κ2) is 2.61. The fraction of sp³-hybridized carbons (Fsp3) is 0.375. The molecule has 0 N–H and O–H groups in total. The second-order valence-electron chi connectivity index (χ2n) is 3.05. The first-order chi connectivity index (χ1) is 6.07. The summed E-state index contributed by atoms with van der Waals surface area (Å²) in [5.74, 6) is -3.27. The number of hydrogen-bond acceptors (Lipinski definition) is 2. The van der Waals surface area contributed by atoms with Gasteiger partial charge < -0.3 is 4.90 Å². The highest BCUT2D eigenvalue weighted by molar-refractivity contribution is 5.48. The van der Waals surface area contributed by atoms with Gasteiger partial charge in [0.05, 0.1) is 13.1 Å². The van der Waals surface area contributed by atoms with E-state index >= 15 is 0 Å². The van der Waals surface area contributed by atoms with Crippen molar-refractivity contribution in [3.63, 3.8) is 0 Å². The summed E-state index contributed by atoms with van der Waals surface area (Å²) in [6.07, 6.45) is 1.27. The molecule has 1 aliphatic rings. The van der Waals surface area contributed by atoms with E-state index in [1.807, 2.05) is 0 Å². The van der Waals surface area contributed by atoms with Gasteiger partial charge in [-0.15, -0.1) is 0 Å². The van der Waals surface area contributed by atoms with Gasteiger partial charge in [0.1, 0.15) is 0 Å². The summed E-state index contributed by atoms with van der Waals surface area (Å²) < 4.78 is 37.4. The molecule has 1 aliphatic heterocycles. The Hall–Kier alpha value is -1.26. The molecule has 0 unspecified atom stereocenters. The van der Waals surface area contributed by atoms with Crippen molar-refractivity contribution in [1.82, 2.24) is 4.98 Å². The van der Waals surface area contributed by atoms with Crippen molar-refractivity contribution in [2.24, 2.45) is 0 Å². The van der Waals surface area contributed by atoms with Crippen LogP contribution in [0.4, 0.5) is 18.9 Å². The Bertz CT molecular complexity index is 319. The highest BCUT2D eigenvalue weighted by Crippen LogP contribution is 2.31. The van der Waals surface area contributed by atoms with E-state index in [-0.39, 0.29) is 13.1 Å². The summed E-state index contributed by atoms with van der Waals surface area (Å²) >= 11 is 0. The molecule has 0 aliphatic carbocycles. The first-order valence-electron chi connectivity index (χ1n) is 3.81. The van der Waals surface area contributed by atoms with Crippen LogP contribution in [0.5, 0.6) is 0 Å². The molecule has 5 heteroatoms. The molecular weight excluding hydrogens is 181 g/mol. The lowest BCUT2D eigenvalue weighted by Gasteiger charge is -2.40. The lowest BCUT2D eigenvalue weighted by atomic mass is 10.1. The molecule has 2 rings (SSSR count). The van der Waals surface area contributed by atoms with Crippen molar-refractivity contribution in [3.8, 4) is 0 Å². The summed E-state index contributed by atoms with van der Waals surface area (Å²) in [5, 5.41) is 0. The molecular formula is C8H7F3N2. The number of alkyl halides is 2. The topological polar surface area (TPSA) is 16.1 Å². The normalized spacial score (nSPS) is 19.8. The largest absolute Gasteiger partial charge is 0.359 e. The third-order valence-electron chi connectivity index (χ3n) is 1.92. The van der Waals surface area contributed by atoms with Gasteiger partial charge in [0.25, 0.3) is 5.92 Å². The Morgan fingerprint density at radius 1 is 1.38 bits per heavy atom. The first-order valence-corrected chi connectivity index (χ1v) is 3.81. The number of anilines is 1. The molecule has 0 amide bonds. The van der Waals surface area contributed by atoms with Gasteiger partial charge in [0.2, 0.25) is 5.95 Å². The minimum absolute atomic E-state index is 0.337. The fourth-order valence-electron chi connectivity index (χ4n) is 1.28. The lowest BCUT2D eigenvalue weighted by Crippen LogP contribution is -2.56. The molecule has 1 saturated heterocycles. The van der Waals surface area contributed by atoms with E-state index in [1.165, 1.54) is 17.2 Å². The van der Waals surface area contributed by atoms with E-state index in [0.29, 0.717) is 5.69 Å². The Balaban J connectivity index is 2.11. The summed E-state index contributed by atoms with van der Waals surface area (Å²) in [6, 6.07) is 2.66. The Labute approximate surface area is 73.0 Å². The average Bonchev–Trinajstić information content (AvgIpc) is 2.00. The molecule has 2 heterocycles. The van der Waals surface area contributed by atoms with Crippen molar-refractivity contribution in [3.05, 3.63) is 24.3 Å². The zero-order chi connectivity index (χ0) is 9.47. The molecule has 0 aromatic carbocycles. The van der Waals surface area contributed by atoms with Gasteiger partial charge in [-0.2, -0.15) is 4.39 Å². The average molecular weight is 188 g/mol. The molecule has 1 aromatic heterocycles. The van der Waals surface area contributed by atoms with Crippen LogP contribution >= 0.6 is 0 Å². The molecule has 0 saturated carbocycles. The zero-order valence-corrected chi connectivity index (χ0v) is 6.67. The highest BCUT2D eigenvalue weighted by atomic mass is 19.3. The third kappa shape index (κ3) is 1.59. The van der Waals surface area contributed by atoms with Crippen molar-refractivity contribution in [2.75, 3.05) is 18.0 Å². The summed E-state index contributed by atoms with van der Waals surface area (Å²) in [7, 11) is 0. The molecule has 0 spiro atoms. The first kappa shape index (κ1) is 8.34. The molecule has 0 bridgehead atoms. The number of rotatable bonds is 1. The van der Waals surface area contributed by atoms with Gasteiger partial charge in [-0.1, -0.05) is 0 Å². The van der Waals surface area contributed by atoms with E-state index in [1.54, 1.807) is 0 Å². The van der Waals surface area contributed by atoms with Crippen LogP contribution < -0.4 is 4.90 Å². The maximum Gasteiger partial charge on any atom is 0.282 e. The third-order valence-corrected chi connectivity index (χ3v) is 1.92. The van der Waals surface area contributed by atoms with Crippen molar-refractivity contribution in [2.45, 2.75) is 5.92 Å². The molecule has 70 valence electrons. The Morgan fingerprint density at radius 2 is 2.08 bits per heavy atom. The van der Waals surface area contributed by atoms with Gasteiger partial charge in [0.15, 0.2) is 0 Å². The minimum atomic E-state index is -2.63. The monoisotopic (exact) mass is 188 g/mol. The lowest BCUT2D eigenvalue weighted by molar-refractivity contribution is -0.0263. The summed E-state index contributed by atoms with van der Waals surface area (Å²) in [4.78, 5) is 4.74. The maximum atomic E-state index is 12.6. The second-order valence-corrected chi connectivity index (χ2v) is 3.05. The minimum Gasteiger partial charge on any atom is -0.359 e. The van der Waals surface area contributed by atoms with E-state index in [0.717, 1.165) is 6.07 Å². The molecule has 0 radical (unpaired) electrons. The quantitative estimate of drug-likeness (QED) is 0.623. The van der Waals surface area contributed by atoms with Crippen LogP contribution in [-0.4, -0.2) is 24.0 Å². The van der Waals surface area contributed by atoms with Gasteiger partial charge in [0, 0.05) is 18.0 Å². The van der Waals surface area contributed by atoms with Crippen molar-refractivity contribution in [1.29, 1.82) is 0 Å². The van der Waals surface area contributed by atoms with E-state index in [2.05, 4.69) is 4.98 Å². The van der Waals surface area contributed by atoms with Crippen LogP contribution in [0.3, 0.4) is 0 Å². The molecule has 2 nitrogen and oxygen atoms in total. The highest BCUT2D eigenvalue weighted by Gasteiger charge is 2.43. The number of pyridine rings is 1. The SMILES string of the molecule is Fc1cc(N2CC(F)(F)C2)ccn1. The van der Waals surface area contributed by atoms with Crippen LogP contribution in [0.1, 0.15) is 0 Å². The standard InChI is InChI=1S/C8H7F3N2/c9-7-3-6(1-2-12-7)13-4-8(10,11)5-13/h1-3H,4-5H2. The van der Waals surface area contributed by atoms with E-state index in [4.69, 9.17) is 0 Å². The van der Waals surface area contributed by atoms with Gasteiger partial charge in [-0.25, -0.2) is 13.8 Å².